The lowest BCUT2D eigenvalue weighted by Crippen LogP contribution is -2.35. The molecule has 7 rings (SSSR count). The first-order chi connectivity index (χ1) is 23.0. The molecule has 8 nitrogen and oxygen atoms in total. The molecule has 4 N–H and O–H groups in total. The molecule has 0 aliphatic heterocycles. The van der Waals surface area contributed by atoms with Crippen LogP contribution in [-0.4, -0.2) is 43.6 Å². The lowest BCUT2D eigenvalue weighted by molar-refractivity contribution is -0.130. The molecule has 0 atom stereocenters. The fraction of sp³-hybridized carbons (Fsp3) is 0.412. The molecule has 0 spiro atoms. The van der Waals surface area contributed by atoms with Crippen LogP contribution in [0.25, 0.3) is 43.0 Å². The molecule has 14 heteroatoms. The summed E-state index contributed by atoms with van der Waals surface area (Å²) in [7, 11) is 0. The van der Waals surface area contributed by atoms with Crippen molar-refractivity contribution in [3.05, 3.63) is 59.1 Å². The number of amides is 2. The Morgan fingerprint density at radius 2 is 1.12 bits per heavy atom. The van der Waals surface area contributed by atoms with Crippen LogP contribution in [0, 0.1) is 11.8 Å². The molecule has 2 amide bonds. The highest BCUT2D eigenvalue weighted by Gasteiger charge is 2.38. The highest BCUT2D eigenvalue weighted by molar-refractivity contribution is 7.27. The molecule has 2 saturated carbocycles. The van der Waals surface area contributed by atoms with Gasteiger partial charge in [0.2, 0.25) is 23.7 Å². The van der Waals surface area contributed by atoms with Crippen molar-refractivity contribution >= 4 is 43.9 Å². The third-order valence-electron chi connectivity index (χ3n) is 9.37. The van der Waals surface area contributed by atoms with Gasteiger partial charge in [0, 0.05) is 59.4 Å². The second-order valence-corrected chi connectivity index (χ2v) is 14.5. The van der Waals surface area contributed by atoms with Crippen LogP contribution in [0.15, 0.2) is 47.4 Å². The van der Waals surface area contributed by atoms with Gasteiger partial charge in [-0.15, -0.1) is 22.7 Å². The fourth-order valence-electron chi connectivity index (χ4n) is 6.46. The van der Waals surface area contributed by atoms with Crippen LogP contribution >= 0.6 is 22.7 Å². The number of carbonyl (C=O) groups is 2. The van der Waals surface area contributed by atoms with Crippen molar-refractivity contribution in [3.63, 3.8) is 0 Å². The van der Waals surface area contributed by atoms with Gasteiger partial charge >= 0.3 is 0 Å². The molecule has 2 fully saturated rings. The van der Waals surface area contributed by atoms with E-state index in [2.05, 4.69) is 53.5 Å². The summed E-state index contributed by atoms with van der Waals surface area (Å²) in [5.41, 5.74) is 5.81. The van der Waals surface area contributed by atoms with Gasteiger partial charge in [-0.1, -0.05) is 24.3 Å². The number of aromatic nitrogens is 4. The normalized spacial score (nSPS) is 18.2. The van der Waals surface area contributed by atoms with E-state index in [1.807, 2.05) is 12.1 Å². The van der Waals surface area contributed by atoms with Crippen LogP contribution in [0.5, 0.6) is 0 Å². The Morgan fingerprint density at radius 1 is 0.688 bits per heavy atom. The molecule has 48 heavy (non-hydrogen) atoms. The Balaban J connectivity index is 0.957. The summed E-state index contributed by atoms with van der Waals surface area (Å²) in [5, 5.41) is 9.89. The summed E-state index contributed by atoms with van der Waals surface area (Å²) in [6, 6.07) is 8.14. The first-order valence-electron chi connectivity index (χ1n) is 16.0. The van der Waals surface area contributed by atoms with Crippen molar-refractivity contribution < 1.29 is 27.2 Å². The van der Waals surface area contributed by atoms with Gasteiger partial charge in [0.25, 0.3) is 0 Å². The first kappa shape index (κ1) is 32.5. The Kier molecular flexibility index (Phi) is 8.88. The smallest absolute Gasteiger partial charge is 0.248 e. The summed E-state index contributed by atoms with van der Waals surface area (Å²) in [5.74, 6) is -5.33. The van der Waals surface area contributed by atoms with Crippen molar-refractivity contribution in [2.24, 2.45) is 11.8 Å². The maximum Gasteiger partial charge on any atom is 0.248 e. The number of imidazole rings is 2. The Bertz CT molecular complexity index is 1910. The van der Waals surface area contributed by atoms with Gasteiger partial charge in [0.05, 0.1) is 46.3 Å². The predicted octanol–water partition coefficient (Wildman–Crippen LogP) is 8.29. The highest BCUT2D eigenvalue weighted by atomic mass is 32.1. The maximum atomic E-state index is 13.4. The largest absolute Gasteiger partial charge is 0.349 e. The highest BCUT2D eigenvalue weighted by Crippen LogP contribution is 2.44. The minimum Gasteiger partial charge on any atom is -0.349 e. The summed E-state index contributed by atoms with van der Waals surface area (Å²) < 4.78 is 56.0. The van der Waals surface area contributed by atoms with Gasteiger partial charge in [-0.3, -0.25) is 9.59 Å². The van der Waals surface area contributed by atoms with Crippen LogP contribution in [0.2, 0.25) is 0 Å². The number of carbonyl (C=O) groups excluding carboxylic acids is 2. The van der Waals surface area contributed by atoms with E-state index in [0.29, 0.717) is 11.6 Å². The van der Waals surface area contributed by atoms with Crippen LogP contribution in [-0.2, 0) is 22.7 Å². The molecule has 4 aromatic heterocycles. The summed E-state index contributed by atoms with van der Waals surface area (Å²) in [4.78, 5) is 40.3. The number of alkyl halides is 4. The van der Waals surface area contributed by atoms with Gasteiger partial charge in [0.15, 0.2) is 0 Å². The minimum absolute atomic E-state index is 0.194. The number of benzene rings is 1. The molecular formula is C34H34F4N6O2S2. The van der Waals surface area contributed by atoms with E-state index >= 15 is 0 Å². The fourth-order valence-corrected chi connectivity index (χ4v) is 8.90. The molecule has 2 aliphatic carbocycles. The van der Waals surface area contributed by atoms with Crippen LogP contribution in [0.4, 0.5) is 17.6 Å². The maximum absolute atomic E-state index is 13.4. The monoisotopic (exact) mass is 698 g/mol. The van der Waals surface area contributed by atoms with Crippen molar-refractivity contribution in [2.45, 2.75) is 76.3 Å². The van der Waals surface area contributed by atoms with Gasteiger partial charge < -0.3 is 20.6 Å². The van der Waals surface area contributed by atoms with Crippen molar-refractivity contribution in [1.29, 1.82) is 0 Å². The molecule has 4 heterocycles. The number of fused-ring (bicyclic) bond motifs is 1. The second kappa shape index (κ2) is 13.1. The standard InChI is InChI=1S/C34H34F4N6O2S2/c35-33(36)9-5-21(6-10-33)31(45)41-15-27-39-13-25(43-27)20-3-1-19(2-4-20)23-17-47-30-24(18-48-29(23)30)26-14-40-28(44-26)16-42-32(46)22-7-11-34(37,38)12-8-22/h1-4,13-14,17-18,21-22H,5-12,15-16H2,(H,39,43)(H,40,44)(H,41,45)(H,42,46). The Labute approximate surface area is 281 Å². The lowest BCUT2D eigenvalue weighted by atomic mass is 9.86. The molecule has 0 bridgehead atoms. The quantitative estimate of drug-likeness (QED) is 0.116. The Hall–Kier alpha value is -4.04. The molecule has 0 radical (unpaired) electrons. The SMILES string of the molecule is O=C(NCc1ncc(-c2ccc(-c3csc4c(-c5cnc(CNC(=O)C6CCC(F)(F)CC6)[nH]5)csc34)cc2)[nH]1)C1CCC(F)(F)CC1. The van der Waals surface area contributed by atoms with E-state index in [1.165, 1.54) is 0 Å². The lowest BCUT2D eigenvalue weighted by Gasteiger charge is -2.27. The predicted molar refractivity (Wildman–Crippen MR) is 178 cm³/mol. The van der Waals surface area contributed by atoms with Gasteiger partial charge in [-0.2, -0.15) is 0 Å². The van der Waals surface area contributed by atoms with Crippen LogP contribution in [0.1, 0.15) is 63.0 Å². The van der Waals surface area contributed by atoms with E-state index in [4.69, 9.17) is 0 Å². The topological polar surface area (TPSA) is 116 Å². The van der Waals surface area contributed by atoms with Gasteiger partial charge in [0.1, 0.15) is 11.6 Å². The first-order valence-corrected chi connectivity index (χ1v) is 17.8. The molecule has 252 valence electrons. The number of halogens is 4. The second-order valence-electron chi connectivity index (χ2n) is 12.7. The van der Waals surface area contributed by atoms with Gasteiger partial charge in [-0.25, -0.2) is 27.5 Å². The van der Waals surface area contributed by atoms with Crippen LogP contribution in [0.3, 0.4) is 0 Å². The van der Waals surface area contributed by atoms with E-state index in [1.54, 1.807) is 35.1 Å². The number of nitrogens with zero attached hydrogens (tertiary/aromatic N) is 2. The van der Waals surface area contributed by atoms with Crippen molar-refractivity contribution in [3.8, 4) is 33.6 Å². The minimum atomic E-state index is -2.66. The molecule has 0 unspecified atom stereocenters. The number of H-pyrrole nitrogens is 2. The molecule has 2 aliphatic rings. The zero-order valence-corrected chi connectivity index (χ0v) is 27.5. The number of rotatable bonds is 9. The Morgan fingerprint density at radius 3 is 1.67 bits per heavy atom. The average molecular weight is 699 g/mol. The summed E-state index contributed by atoms with van der Waals surface area (Å²) in [6.07, 6.45) is 3.25. The molecular weight excluding hydrogens is 665 g/mol. The zero-order valence-electron chi connectivity index (χ0n) is 25.9. The molecule has 1 aromatic carbocycles. The van der Waals surface area contributed by atoms with Gasteiger partial charge in [-0.05, 0) is 36.8 Å². The molecule has 0 saturated heterocycles. The number of hydrogen-bond acceptors (Lipinski definition) is 6. The summed E-state index contributed by atoms with van der Waals surface area (Å²) in [6.45, 7) is 0.409. The third-order valence-corrected chi connectivity index (χ3v) is 11.5. The third kappa shape index (κ3) is 7.05. The van der Waals surface area contributed by atoms with Crippen LogP contribution < -0.4 is 10.6 Å². The molecule has 5 aromatic rings. The van der Waals surface area contributed by atoms with E-state index in [0.717, 1.165) is 43.0 Å². The number of thiophene rings is 2. The average Bonchev–Trinajstić information content (AvgIpc) is 3.88. The van der Waals surface area contributed by atoms with E-state index < -0.39 is 11.8 Å². The van der Waals surface area contributed by atoms with Crippen molar-refractivity contribution in [2.75, 3.05) is 0 Å². The summed E-state index contributed by atoms with van der Waals surface area (Å²) >= 11 is 3.30. The zero-order chi connectivity index (χ0) is 33.5. The van der Waals surface area contributed by atoms with Crippen molar-refractivity contribution in [1.82, 2.24) is 30.6 Å². The van der Waals surface area contributed by atoms with E-state index in [-0.39, 0.29) is 88.1 Å². The number of hydrogen-bond donors (Lipinski definition) is 4. The number of aromatic amines is 2. The number of nitrogens with one attached hydrogen (secondary N) is 4. The van der Waals surface area contributed by atoms with E-state index in [9.17, 15) is 27.2 Å².